The summed E-state index contributed by atoms with van der Waals surface area (Å²) in [5, 5.41) is 8.13. The van der Waals surface area contributed by atoms with Gasteiger partial charge in [0.05, 0.1) is 26.2 Å². The van der Waals surface area contributed by atoms with Crippen molar-refractivity contribution in [2.45, 2.75) is 4.90 Å². The van der Waals surface area contributed by atoms with Crippen molar-refractivity contribution in [1.29, 1.82) is 0 Å². The van der Waals surface area contributed by atoms with Gasteiger partial charge in [0.15, 0.2) is 11.5 Å². The summed E-state index contributed by atoms with van der Waals surface area (Å²) >= 11 is 0. The highest BCUT2D eigenvalue weighted by atomic mass is 32.2. The zero-order valence-corrected chi connectivity index (χ0v) is 16.5. The second-order valence-electron chi connectivity index (χ2n) is 6.02. The Morgan fingerprint density at radius 2 is 1.68 bits per heavy atom. The van der Waals surface area contributed by atoms with Gasteiger partial charge in [-0.3, -0.25) is 4.90 Å². The van der Waals surface area contributed by atoms with Crippen LogP contribution in [-0.2, 0) is 10.0 Å². The van der Waals surface area contributed by atoms with E-state index in [1.807, 2.05) is 0 Å². The van der Waals surface area contributed by atoms with Gasteiger partial charge >= 0.3 is 6.03 Å². The van der Waals surface area contributed by atoms with Crippen LogP contribution >= 0.6 is 0 Å². The molecular formula is C18H21N3O6S. The minimum absolute atomic E-state index is 0.0786. The van der Waals surface area contributed by atoms with E-state index in [0.717, 1.165) is 0 Å². The summed E-state index contributed by atoms with van der Waals surface area (Å²) in [4.78, 5) is 13.4. The first kappa shape index (κ1) is 19.8. The molecule has 0 bridgehead atoms. The Morgan fingerprint density at radius 3 is 2.14 bits per heavy atom. The summed E-state index contributed by atoms with van der Waals surface area (Å²) in [6.07, 6.45) is 0. The van der Waals surface area contributed by atoms with Crippen LogP contribution < -0.4 is 29.6 Å². The molecule has 2 aromatic carbocycles. The summed E-state index contributed by atoms with van der Waals surface area (Å²) in [5.74, 6) is 1.10. The van der Waals surface area contributed by atoms with E-state index in [2.05, 4.69) is 5.32 Å². The third-order valence-corrected chi connectivity index (χ3v) is 5.38. The normalized spacial score (nSPS) is 14.0. The molecule has 150 valence electrons. The summed E-state index contributed by atoms with van der Waals surface area (Å²) in [7, 11) is 0.382. The molecule has 1 aliphatic rings. The van der Waals surface area contributed by atoms with Crippen molar-refractivity contribution in [1.82, 2.24) is 5.32 Å². The van der Waals surface area contributed by atoms with Gasteiger partial charge in [0.25, 0.3) is 0 Å². The van der Waals surface area contributed by atoms with Crippen LogP contribution in [-0.4, -0.2) is 48.9 Å². The average molecular weight is 407 g/mol. The third kappa shape index (κ3) is 3.56. The van der Waals surface area contributed by atoms with E-state index in [4.69, 9.17) is 19.3 Å². The molecule has 0 unspecified atom stereocenters. The van der Waals surface area contributed by atoms with Gasteiger partial charge in [0, 0.05) is 24.3 Å². The highest BCUT2D eigenvalue weighted by molar-refractivity contribution is 7.89. The standard InChI is InChI=1S/C18H21N3O6S/c1-25-14-8-11(9-15(26-2)17(14)27-3)13-10-12(21-7-6-20-18(21)22)4-5-16(13)28(19,23)24/h4-5,8-10H,6-7H2,1-3H3,(H,20,22)(H2,19,23,24). The molecule has 28 heavy (non-hydrogen) atoms. The van der Waals surface area contributed by atoms with Gasteiger partial charge in [-0.1, -0.05) is 0 Å². The monoisotopic (exact) mass is 407 g/mol. The number of hydrogen-bond donors (Lipinski definition) is 2. The van der Waals surface area contributed by atoms with Gasteiger partial charge < -0.3 is 19.5 Å². The van der Waals surface area contributed by atoms with Gasteiger partial charge in [-0.15, -0.1) is 0 Å². The van der Waals surface area contributed by atoms with Crippen LogP contribution in [0, 0.1) is 0 Å². The molecule has 1 fully saturated rings. The molecule has 0 radical (unpaired) electrons. The molecule has 0 spiro atoms. The Bertz CT molecular complexity index is 997. The second kappa shape index (κ2) is 7.56. The summed E-state index contributed by atoms with van der Waals surface area (Å²) in [6.45, 7) is 0.984. The third-order valence-electron chi connectivity index (χ3n) is 4.41. The van der Waals surface area contributed by atoms with Crippen molar-refractivity contribution in [2.75, 3.05) is 39.3 Å². The van der Waals surface area contributed by atoms with E-state index < -0.39 is 10.0 Å². The minimum Gasteiger partial charge on any atom is -0.493 e. The van der Waals surface area contributed by atoms with E-state index in [0.29, 0.717) is 47.2 Å². The first-order valence-electron chi connectivity index (χ1n) is 8.32. The van der Waals surface area contributed by atoms with Crippen molar-refractivity contribution in [3.8, 4) is 28.4 Å². The predicted octanol–water partition coefficient (Wildman–Crippen LogP) is 1.56. The molecule has 3 rings (SSSR count). The Morgan fingerprint density at radius 1 is 1.04 bits per heavy atom. The van der Waals surface area contributed by atoms with E-state index in [9.17, 15) is 13.2 Å². The Hall–Kier alpha value is -2.98. The van der Waals surface area contributed by atoms with Gasteiger partial charge in [0.1, 0.15) is 0 Å². The van der Waals surface area contributed by atoms with Gasteiger partial charge in [-0.2, -0.15) is 0 Å². The number of carbonyl (C=O) groups excluding carboxylic acids is 1. The van der Waals surface area contributed by atoms with Crippen molar-refractivity contribution < 1.29 is 27.4 Å². The van der Waals surface area contributed by atoms with Crippen LogP contribution in [0.2, 0.25) is 0 Å². The van der Waals surface area contributed by atoms with Crippen LogP contribution in [0.15, 0.2) is 35.2 Å². The lowest BCUT2D eigenvalue weighted by atomic mass is 10.0. The molecular weight excluding hydrogens is 386 g/mol. The first-order chi connectivity index (χ1) is 13.3. The lowest BCUT2D eigenvalue weighted by Crippen LogP contribution is -2.27. The number of benzene rings is 2. The molecule has 3 N–H and O–H groups in total. The maximum Gasteiger partial charge on any atom is 0.321 e. The Labute approximate surface area is 163 Å². The van der Waals surface area contributed by atoms with Crippen molar-refractivity contribution in [3.63, 3.8) is 0 Å². The number of amides is 2. The number of carbonyl (C=O) groups is 1. The Kier molecular flexibility index (Phi) is 5.34. The zero-order valence-electron chi connectivity index (χ0n) is 15.7. The molecule has 9 nitrogen and oxygen atoms in total. The number of nitrogens with zero attached hydrogens (tertiary/aromatic N) is 1. The summed E-state index contributed by atoms with van der Waals surface area (Å²) < 4.78 is 40.3. The largest absolute Gasteiger partial charge is 0.493 e. The van der Waals surface area contributed by atoms with Gasteiger partial charge in [-0.25, -0.2) is 18.4 Å². The van der Waals surface area contributed by atoms with Crippen LogP contribution in [0.4, 0.5) is 10.5 Å². The van der Waals surface area contributed by atoms with Crippen molar-refractivity contribution in [3.05, 3.63) is 30.3 Å². The molecule has 0 saturated carbocycles. The number of hydrogen-bond acceptors (Lipinski definition) is 6. The molecule has 1 aliphatic heterocycles. The number of nitrogens with two attached hydrogens (primary N) is 1. The molecule has 0 aliphatic carbocycles. The topological polar surface area (TPSA) is 120 Å². The quantitative estimate of drug-likeness (QED) is 0.750. The fourth-order valence-corrected chi connectivity index (χ4v) is 3.86. The van der Waals surface area contributed by atoms with Gasteiger partial charge in [0.2, 0.25) is 15.8 Å². The number of rotatable bonds is 6. The number of sulfonamides is 1. The predicted molar refractivity (Wildman–Crippen MR) is 104 cm³/mol. The number of nitrogens with one attached hydrogen (secondary N) is 1. The fourth-order valence-electron chi connectivity index (χ4n) is 3.11. The van der Waals surface area contributed by atoms with Crippen molar-refractivity contribution >= 4 is 21.7 Å². The van der Waals surface area contributed by atoms with Crippen molar-refractivity contribution in [2.24, 2.45) is 5.14 Å². The molecule has 2 aromatic rings. The van der Waals surface area contributed by atoms with Gasteiger partial charge in [-0.05, 0) is 35.9 Å². The maximum absolute atomic E-state index is 12.2. The van der Waals surface area contributed by atoms with E-state index in [1.54, 1.807) is 24.3 Å². The number of urea groups is 1. The second-order valence-corrected chi connectivity index (χ2v) is 7.55. The SMILES string of the molecule is COc1cc(-c2cc(N3CCNC3=O)ccc2S(N)(=O)=O)cc(OC)c1OC. The van der Waals surface area contributed by atoms with Crippen LogP contribution in [0.3, 0.4) is 0 Å². The number of ether oxygens (including phenoxy) is 3. The molecule has 1 saturated heterocycles. The van der Waals surface area contributed by atoms with Crippen LogP contribution in [0.1, 0.15) is 0 Å². The minimum atomic E-state index is -4.02. The lowest BCUT2D eigenvalue weighted by molar-refractivity contribution is 0.252. The molecule has 10 heteroatoms. The highest BCUT2D eigenvalue weighted by Crippen LogP contribution is 2.43. The van der Waals surface area contributed by atoms with Crippen LogP contribution in [0.5, 0.6) is 17.2 Å². The van der Waals surface area contributed by atoms with Crippen LogP contribution in [0.25, 0.3) is 11.1 Å². The highest BCUT2D eigenvalue weighted by Gasteiger charge is 2.25. The zero-order chi connectivity index (χ0) is 20.5. The molecule has 2 amide bonds. The number of methoxy groups -OCH3 is 3. The first-order valence-corrected chi connectivity index (χ1v) is 9.87. The molecule has 0 atom stereocenters. The average Bonchev–Trinajstić information content (AvgIpc) is 3.11. The number of primary sulfonamides is 1. The smallest absolute Gasteiger partial charge is 0.321 e. The molecule has 0 aromatic heterocycles. The summed E-state index contributed by atoms with van der Waals surface area (Å²) in [6, 6.07) is 7.53. The number of anilines is 1. The maximum atomic E-state index is 12.2. The van der Waals surface area contributed by atoms with E-state index in [-0.39, 0.29) is 10.9 Å². The summed E-state index contributed by atoms with van der Waals surface area (Å²) in [5.41, 5.74) is 1.35. The van der Waals surface area contributed by atoms with E-state index >= 15 is 0 Å². The Balaban J connectivity index is 2.25. The fraction of sp³-hybridized carbons (Fsp3) is 0.278. The van der Waals surface area contributed by atoms with E-state index in [1.165, 1.54) is 32.3 Å². The molecule has 1 heterocycles. The lowest BCUT2D eigenvalue weighted by Gasteiger charge is -2.19.